The fraction of sp³-hybridized carbons (Fsp3) is 0.333. The van der Waals surface area contributed by atoms with Gasteiger partial charge in [0.25, 0.3) is 0 Å². The van der Waals surface area contributed by atoms with E-state index in [4.69, 9.17) is 9.47 Å². The van der Waals surface area contributed by atoms with Crippen molar-refractivity contribution < 1.29 is 24.5 Å². The lowest BCUT2D eigenvalue weighted by molar-refractivity contribution is -0.144. The Bertz CT molecular complexity index is 1290. The van der Waals surface area contributed by atoms with Crippen LogP contribution in [0.1, 0.15) is 49.8 Å². The van der Waals surface area contributed by atoms with Gasteiger partial charge in [-0.15, -0.1) is 0 Å². The third-order valence-electron chi connectivity index (χ3n) is 6.61. The zero-order valence-electron chi connectivity index (χ0n) is 17.3. The molecular weight excluding hydrogens is 396 g/mol. The fourth-order valence-electron chi connectivity index (χ4n) is 5.27. The molecule has 7 nitrogen and oxygen atoms in total. The monoisotopic (exact) mass is 418 g/mol. The SMILES string of the molecule is CC(=O)OCC[C@@]12CC[C@@](C)(O1)c1c2c(O)n(-c2ccc(C#N)c3ccccc23)c1O. The Morgan fingerprint density at radius 2 is 1.87 bits per heavy atom. The molecule has 1 aromatic heterocycles. The standard InChI is InChI=1S/C24H22N2O5/c1-14(27)30-12-11-24-10-9-23(2,31-24)19-20(24)22(29)26(21(19)28)18-8-7-15(13-25)16-5-3-4-6-17(16)18/h3-8,28-29H,9-12H2,1-2H3/t23-,24-/m1/s1. The van der Waals surface area contributed by atoms with E-state index < -0.39 is 11.2 Å². The maximum Gasteiger partial charge on any atom is 0.302 e. The minimum atomic E-state index is -0.825. The van der Waals surface area contributed by atoms with Gasteiger partial charge in [-0.3, -0.25) is 9.36 Å². The lowest BCUT2D eigenvalue weighted by Crippen LogP contribution is -2.25. The Balaban J connectivity index is 1.71. The number of aromatic nitrogens is 1. The maximum atomic E-state index is 11.3. The predicted molar refractivity (Wildman–Crippen MR) is 112 cm³/mol. The molecule has 5 rings (SSSR count). The first-order valence-corrected chi connectivity index (χ1v) is 10.2. The second kappa shape index (κ2) is 6.50. The van der Waals surface area contributed by atoms with E-state index in [-0.39, 0.29) is 24.3 Å². The molecule has 2 aromatic carbocycles. The van der Waals surface area contributed by atoms with Gasteiger partial charge in [0.05, 0.1) is 40.7 Å². The van der Waals surface area contributed by atoms with E-state index in [9.17, 15) is 20.3 Å². The van der Waals surface area contributed by atoms with Gasteiger partial charge in [0.1, 0.15) is 5.60 Å². The molecule has 0 unspecified atom stereocenters. The molecule has 7 heteroatoms. The highest BCUT2D eigenvalue weighted by Gasteiger charge is 2.61. The van der Waals surface area contributed by atoms with Crippen LogP contribution in [-0.4, -0.2) is 27.4 Å². The summed E-state index contributed by atoms with van der Waals surface area (Å²) in [6.07, 6.45) is 1.73. The summed E-state index contributed by atoms with van der Waals surface area (Å²) in [5.74, 6) is -0.531. The highest BCUT2D eigenvalue weighted by Crippen LogP contribution is 2.65. The summed E-state index contributed by atoms with van der Waals surface area (Å²) < 4.78 is 12.9. The number of rotatable bonds is 4. The van der Waals surface area contributed by atoms with E-state index in [0.717, 1.165) is 10.8 Å². The van der Waals surface area contributed by atoms with Crippen molar-refractivity contribution in [3.05, 3.63) is 53.1 Å². The number of aromatic hydroxyl groups is 2. The summed E-state index contributed by atoms with van der Waals surface area (Å²) in [5.41, 5.74) is 0.672. The van der Waals surface area contributed by atoms with Crippen molar-refractivity contribution in [1.82, 2.24) is 4.57 Å². The molecule has 0 amide bonds. The van der Waals surface area contributed by atoms with Crippen LogP contribution in [0.25, 0.3) is 16.5 Å². The Kier molecular flexibility index (Phi) is 4.08. The quantitative estimate of drug-likeness (QED) is 0.618. The number of benzene rings is 2. The molecular formula is C24H22N2O5. The third-order valence-corrected chi connectivity index (χ3v) is 6.61. The van der Waals surface area contributed by atoms with Crippen LogP contribution in [0, 0.1) is 11.3 Å². The smallest absolute Gasteiger partial charge is 0.302 e. The second-order valence-corrected chi connectivity index (χ2v) is 8.44. The average molecular weight is 418 g/mol. The van der Waals surface area contributed by atoms with Crippen molar-refractivity contribution >= 4 is 16.7 Å². The van der Waals surface area contributed by atoms with Crippen LogP contribution in [0.5, 0.6) is 11.8 Å². The highest BCUT2D eigenvalue weighted by molar-refractivity contribution is 5.95. The Morgan fingerprint density at radius 1 is 1.16 bits per heavy atom. The summed E-state index contributed by atoms with van der Waals surface area (Å²) in [6, 6.07) is 13.0. The number of ether oxygens (including phenoxy) is 2. The molecule has 2 aliphatic heterocycles. The number of fused-ring (bicyclic) bond motifs is 6. The van der Waals surface area contributed by atoms with Crippen LogP contribution < -0.4 is 0 Å². The summed E-state index contributed by atoms with van der Waals surface area (Å²) in [6.45, 7) is 3.43. The van der Waals surface area contributed by atoms with Crippen LogP contribution in [0.2, 0.25) is 0 Å². The number of hydrogen-bond donors (Lipinski definition) is 2. The number of carbonyl (C=O) groups is 1. The van der Waals surface area contributed by atoms with Crippen molar-refractivity contribution in [2.24, 2.45) is 0 Å². The molecule has 2 bridgehead atoms. The van der Waals surface area contributed by atoms with Crippen LogP contribution in [-0.2, 0) is 25.5 Å². The van der Waals surface area contributed by atoms with Gasteiger partial charge in [-0.1, -0.05) is 24.3 Å². The van der Waals surface area contributed by atoms with Gasteiger partial charge in [0.15, 0.2) is 0 Å². The Morgan fingerprint density at radius 3 is 2.58 bits per heavy atom. The molecule has 0 saturated carbocycles. The van der Waals surface area contributed by atoms with Crippen molar-refractivity contribution in [3.8, 4) is 23.5 Å². The van der Waals surface area contributed by atoms with Crippen molar-refractivity contribution in [3.63, 3.8) is 0 Å². The van der Waals surface area contributed by atoms with Crippen LogP contribution in [0.3, 0.4) is 0 Å². The molecule has 158 valence electrons. The van der Waals surface area contributed by atoms with Gasteiger partial charge >= 0.3 is 5.97 Å². The number of nitrogens with zero attached hydrogens (tertiary/aromatic N) is 2. The summed E-state index contributed by atoms with van der Waals surface area (Å²) in [5, 5.41) is 33.5. The lowest BCUT2D eigenvalue weighted by atomic mass is 9.78. The molecule has 2 aliphatic rings. The molecule has 2 atom stereocenters. The van der Waals surface area contributed by atoms with Gasteiger partial charge < -0.3 is 19.7 Å². The third kappa shape index (κ3) is 2.58. The molecule has 0 radical (unpaired) electrons. The highest BCUT2D eigenvalue weighted by atomic mass is 16.6. The summed E-state index contributed by atoms with van der Waals surface area (Å²) in [4.78, 5) is 11.2. The van der Waals surface area contributed by atoms with Gasteiger partial charge in [-0.05, 0) is 31.9 Å². The van der Waals surface area contributed by atoms with Gasteiger partial charge in [0, 0.05) is 24.1 Å². The first-order chi connectivity index (χ1) is 14.8. The van der Waals surface area contributed by atoms with Gasteiger partial charge in [-0.25, -0.2) is 0 Å². The zero-order valence-corrected chi connectivity index (χ0v) is 17.3. The molecule has 1 saturated heterocycles. The fourth-order valence-corrected chi connectivity index (χ4v) is 5.27. The van der Waals surface area contributed by atoms with Gasteiger partial charge in [0.2, 0.25) is 11.8 Å². The molecule has 2 N–H and O–H groups in total. The van der Waals surface area contributed by atoms with Crippen LogP contribution in [0.4, 0.5) is 0 Å². The molecule has 3 heterocycles. The topological polar surface area (TPSA) is 105 Å². The Labute approximate surface area is 179 Å². The Hall–Kier alpha value is -3.50. The number of carbonyl (C=O) groups excluding carboxylic acids is 1. The number of hydrogen-bond acceptors (Lipinski definition) is 6. The second-order valence-electron chi connectivity index (χ2n) is 8.44. The van der Waals surface area contributed by atoms with Gasteiger partial charge in [-0.2, -0.15) is 5.26 Å². The zero-order chi connectivity index (χ0) is 22.0. The van der Waals surface area contributed by atoms with E-state index in [1.807, 2.05) is 31.2 Å². The van der Waals surface area contributed by atoms with Crippen LogP contribution >= 0.6 is 0 Å². The summed E-state index contributed by atoms with van der Waals surface area (Å²) >= 11 is 0. The minimum Gasteiger partial charge on any atom is -0.494 e. The van der Waals surface area contributed by atoms with Crippen LogP contribution in [0.15, 0.2) is 36.4 Å². The maximum absolute atomic E-state index is 11.3. The number of nitriles is 1. The van der Waals surface area contributed by atoms with E-state index in [2.05, 4.69) is 6.07 Å². The largest absolute Gasteiger partial charge is 0.494 e. The van der Waals surface area contributed by atoms with Crippen molar-refractivity contribution in [2.45, 2.75) is 44.3 Å². The lowest BCUT2D eigenvalue weighted by Gasteiger charge is -2.26. The first-order valence-electron chi connectivity index (χ1n) is 10.2. The minimum absolute atomic E-state index is 0.0704. The van der Waals surface area contributed by atoms with Crippen molar-refractivity contribution in [1.29, 1.82) is 5.26 Å². The van der Waals surface area contributed by atoms with E-state index >= 15 is 0 Å². The molecule has 3 aromatic rings. The number of esters is 1. The predicted octanol–water partition coefficient (Wildman–Crippen LogP) is 4.10. The van der Waals surface area contributed by atoms with Crippen molar-refractivity contribution in [2.75, 3.05) is 6.61 Å². The van der Waals surface area contributed by atoms with E-state index in [1.54, 1.807) is 12.1 Å². The van der Waals surface area contributed by atoms with E-state index in [1.165, 1.54) is 11.5 Å². The molecule has 0 spiro atoms. The molecule has 31 heavy (non-hydrogen) atoms. The average Bonchev–Trinajstić information content (AvgIpc) is 3.32. The normalized spacial score (nSPS) is 23.6. The molecule has 1 fully saturated rings. The summed E-state index contributed by atoms with van der Waals surface area (Å²) in [7, 11) is 0. The first kappa shape index (κ1) is 19.5. The van der Waals surface area contributed by atoms with E-state index in [0.29, 0.717) is 41.6 Å². The molecule has 0 aliphatic carbocycles.